The van der Waals surface area contributed by atoms with Crippen molar-refractivity contribution in [3.8, 4) is 0 Å². The molecular weight excluding hydrogens is 294 g/mol. The predicted octanol–water partition coefficient (Wildman–Crippen LogP) is 1.65. The number of sulfonamides is 1. The topological polar surface area (TPSA) is 55.4 Å². The van der Waals surface area contributed by atoms with E-state index in [1.807, 2.05) is 13.8 Å². The summed E-state index contributed by atoms with van der Waals surface area (Å²) in [4.78, 5) is 0. The second kappa shape index (κ2) is 5.80. The Hall–Kier alpha value is 0.350. The Morgan fingerprint density at radius 2 is 2.00 bits per heavy atom. The fourth-order valence-electron chi connectivity index (χ4n) is 1.61. The Morgan fingerprint density at radius 3 is 2.44 bits per heavy atom. The number of halogens is 1. The summed E-state index contributed by atoms with van der Waals surface area (Å²) in [6.07, 6.45) is 1.95. The van der Waals surface area contributed by atoms with E-state index in [9.17, 15) is 8.42 Å². The van der Waals surface area contributed by atoms with Crippen LogP contribution in [0.1, 0.15) is 33.1 Å². The summed E-state index contributed by atoms with van der Waals surface area (Å²) in [5.41, 5.74) is -0.392. The van der Waals surface area contributed by atoms with Crippen LogP contribution in [-0.2, 0) is 14.8 Å². The molecule has 6 heteroatoms. The quantitative estimate of drug-likeness (QED) is 0.785. The maximum atomic E-state index is 12.1. The van der Waals surface area contributed by atoms with Crippen molar-refractivity contribution in [1.82, 2.24) is 4.72 Å². The van der Waals surface area contributed by atoms with E-state index in [-0.39, 0.29) is 5.25 Å². The Balaban J connectivity index is 2.70. The molecule has 1 aliphatic rings. The van der Waals surface area contributed by atoms with Gasteiger partial charge in [-0.15, -0.1) is 0 Å². The average molecular weight is 314 g/mol. The highest BCUT2D eigenvalue weighted by atomic mass is 79.9. The van der Waals surface area contributed by atoms with Gasteiger partial charge in [0.1, 0.15) is 0 Å². The third kappa shape index (κ3) is 3.68. The number of alkyl halides is 1. The molecule has 1 rings (SSSR count). The first-order valence-electron chi connectivity index (χ1n) is 5.60. The molecule has 0 bridgehead atoms. The maximum Gasteiger partial charge on any atom is 0.215 e. The van der Waals surface area contributed by atoms with E-state index in [0.29, 0.717) is 31.4 Å². The number of ether oxygens (including phenoxy) is 1. The van der Waals surface area contributed by atoms with Crippen LogP contribution in [0.2, 0.25) is 0 Å². The van der Waals surface area contributed by atoms with Crippen LogP contribution in [0.3, 0.4) is 0 Å². The summed E-state index contributed by atoms with van der Waals surface area (Å²) in [5.74, 6) is 0. The van der Waals surface area contributed by atoms with Gasteiger partial charge in [-0.3, -0.25) is 0 Å². The second-order valence-electron chi connectivity index (χ2n) is 4.51. The standard InChI is InChI=1S/C10H20BrNO3S/c1-3-10(2,8-11)12-16(13,14)9-4-6-15-7-5-9/h9,12H,3-8H2,1-2H3. The van der Waals surface area contributed by atoms with Crippen molar-refractivity contribution < 1.29 is 13.2 Å². The van der Waals surface area contributed by atoms with Crippen molar-refractivity contribution in [2.45, 2.75) is 43.9 Å². The molecule has 0 amide bonds. The van der Waals surface area contributed by atoms with Gasteiger partial charge < -0.3 is 4.74 Å². The zero-order valence-electron chi connectivity index (χ0n) is 9.83. The minimum Gasteiger partial charge on any atom is -0.381 e. The summed E-state index contributed by atoms with van der Waals surface area (Å²) >= 11 is 3.36. The summed E-state index contributed by atoms with van der Waals surface area (Å²) < 4.78 is 32.2. The van der Waals surface area contributed by atoms with Gasteiger partial charge in [-0.1, -0.05) is 22.9 Å². The minimum atomic E-state index is -3.23. The van der Waals surface area contributed by atoms with Crippen molar-refractivity contribution in [3.05, 3.63) is 0 Å². The number of hydrogen-bond donors (Lipinski definition) is 1. The fourth-order valence-corrected chi connectivity index (χ4v) is 4.21. The SMILES string of the molecule is CCC(C)(CBr)NS(=O)(=O)C1CCOCC1. The van der Waals surface area contributed by atoms with Crippen LogP contribution in [0.5, 0.6) is 0 Å². The van der Waals surface area contributed by atoms with Crippen molar-refractivity contribution in [2.24, 2.45) is 0 Å². The van der Waals surface area contributed by atoms with Gasteiger partial charge in [0, 0.05) is 24.1 Å². The summed E-state index contributed by atoms with van der Waals surface area (Å²) in [5, 5.41) is 0.324. The van der Waals surface area contributed by atoms with E-state index >= 15 is 0 Å². The molecule has 4 nitrogen and oxygen atoms in total. The van der Waals surface area contributed by atoms with E-state index in [1.165, 1.54) is 0 Å². The molecule has 1 saturated heterocycles. The molecule has 0 aromatic heterocycles. The summed E-state index contributed by atoms with van der Waals surface area (Å²) in [6, 6.07) is 0. The lowest BCUT2D eigenvalue weighted by Crippen LogP contribution is -2.51. The lowest BCUT2D eigenvalue weighted by atomic mass is 10.0. The van der Waals surface area contributed by atoms with Crippen LogP contribution >= 0.6 is 15.9 Å². The maximum absolute atomic E-state index is 12.1. The first kappa shape index (κ1) is 14.4. The molecule has 1 heterocycles. The number of nitrogens with one attached hydrogen (secondary N) is 1. The Morgan fingerprint density at radius 1 is 1.44 bits per heavy atom. The van der Waals surface area contributed by atoms with Gasteiger partial charge in [0.25, 0.3) is 0 Å². The van der Waals surface area contributed by atoms with Crippen LogP contribution in [0.15, 0.2) is 0 Å². The molecule has 0 spiro atoms. The zero-order chi connectivity index (χ0) is 12.2. The molecule has 0 saturated carbocycles. The summed E-state index contributed by atoms with van der Waals surface area (Å²) in [7, 11) is -3.23. The molecule has 0 aromatic carbocycles. The van der Waals surface area contributed by atoms with Crippen LogP contribution in [0.25, 0.3) is 0 Å². The summed E-state index contributed by atoms with van der Waals surface area (Å²) in [6.45, 7) is 4.98. The molecule has 0 aliphatic carbocycles. The van der Waals surface area contributed by atoms with E-state index in [0.717, 1.165) is 6.42 Å². The third-order valence-electron chi connectivity index (χ3n) is 3.07. The molecule has 0 radical (unpaired) electrons. The third-order valence-corrected chi connectivity index (χ3v) is 6.44. The number of hydrogen-bond acceptors (Lipinski definition) is 3. The van der Waals surface area contributed by atoms with Gasteiger partial charge >= 0.3 is 0 Å². The number of rotatable bonds is 5. The molecule has 1 N–H and O–H groups in total. The Bertz CT molecular complexity index is 308. The first-order chi connectivity index (χ1) is 7.43. The zero-order valence-corrected chi connectivity index (χ0v) is 12.2. The van der Waals surface area contributed by atoms with Crippen molar-refractivity contribution in [2.75, 3.05) is 18.5 Å². The van der Waals surface area contributed by atoms with Gasteiger partial charge in [-0.25, -0.2) is 13.1 Å². The molecular formula is C10H20BrNO3S. The highest BCUT2D eigenvalue weighted by Gasteiger charge is 2.33. The van der Waals surface area contributed by atoms with Crippen LogP contribution in [0, 0.1) is 0 Å². The normalized spacial score (nSPS) is 22.9. The molecule has 1 unspecified atom stereocenters. The highest BCUT2D eigenvalue weighted by molar-refractivity contribution is 9.09. The van der Waals surface area contributed by atoms with E-state index in [2.05, 4.69) is 20.7 Å². The molecule has 1 fully saturated rings. The molecule has 16 heavy (non-hydrogen) atoms. The molecule has 0 aromatic rings. The first-order valence-corrected chi connectivity index (χ1v) is 8.27. The second-order valence-corrected chi connectivity index (χ2v) is 7.03. The van der Waals surface area contributed by atoms with Crippen LogP contribution in [-0.4, -0.2) is 37.8 Å². The Kier molecular flexibility index (Phi) is 5.22. The fraction of sp³-hybridized carbons (Fsp3) is 1.00. The van der Waals surface area contributed by atoms with Gasteiger partial charge in [0.05, 0.1) is 5.25 Å². The van der Waals surface area contributed by atoms with Crippen molar-refractivity contribution >= 4 is 26.0 Å². The average Bonchev–Trinajstić information content (AvgIpc) is 2.29. The molecule has 96 valence electrons. The lowest BCUT2D eigenvalue weighted by molar-refractivity contribution is 0.0979. The van der Waals surface area contributed by atoms with Crippen molar-refractivity contribution in [3.63, 3.8) is 0 Å². The Labute approximate surface area is 106 Å². The van der Waals surface area contributed by atoms with Gasteiger partial charge in [-0.2, -0.15) is 0 Å². The van der Waals surface area contributed by atoms with Crippen molar-refractivity contribution in [1.29, 1.82) is 0 Å². The van der Waals surface area contributed by atoms with Crippen LogP contribution < -0.4 is 4.72 Å². The largest absolute Gasteiger partial charge is 0.381 e. The monoisotopic (exact) mass is 313 g/mol. The molecule has 1 atom stereocenters. The minimum absolute atomic E-state index is 0.300. The predicted molar refractivity (Wildman–Crippen MR) is 68.4 cm³/mol. The van der Waals surface area contributed by atoms with Crippen LogP contribution in [0.4, 0.5) is 0 Å². The van der Waals surface area contributed by atoms with E-state index < -0.39 is 15.6 Å². The van der Waals surface area contributed by atoms with E-state index in [4.69, 9.17) is 4.74 Å². The lowest BCUT2D eigenvalue weighted by Gasteiger charge is -2.31. The van der Waals surface area contributed by atoms with Gasteiger partial charge in [0.15, 0.2) is 0 Å². The smallest absolute Gasteiger partial charge is 0.215 e. The van der Waals surface area contributed by atoms with E-state index in [1.54, 1.807) is 0 Å². The van der Waals surface area contributed by atoms with Gasteiger partial charge in [0.2, 0.25) is 10.0 Å². The van der Waals surface area contributed by atoms with Gasteiger partial charge in [-0.05, 0) is 26.2 Å². The highest BCUT2D eigenvalue weighted by Crippen LogP contribution is 2.20. The molecule has 1 aliphatic heterocycles.